The molecular weight excluding hydrogens is 392 g/mol. The third-order valence-corrected chi connectivity index (χ3v) is 5.30. The fourth-order valence-electron chi connectivity index (χ4n) is 3.62. The van der Waals surface area contributed by atoms with Crippen molar-refractivity contribution < 1.29 is 23.8 Å². The lowest BCUT2D eigenvalue weighted by Crippen LogP contribution is -2.41. The Morgan fingerprint density at radius 1 is 1.28 bits per heavy atom. The highest BCUT2D eigenvalue weighted by Crippen LogP contribution is 2.30. The van der Waals surface area contributed by atoms with Crippen LogP contribution in [0.15, 0.2) is 23.9 Å². The summed E-state index contributed by atoms with van der Waals surface area (Å²) in [6.07, 6.45) is 7.18. The van der Waals surface area contributed by atoms with Crippen molar-refractivity contribution in [3.05, 3.63) is 29.5 Å². The normalized spacial score (nSPS) is 18.7. The molecule has 156 valence electrons. The summed E-state index contributed by atoms with van der Waals surface area (Å²) in [6.45, 7) is 1.84. The highest BCUT2D eigenvalue weighted by Gasteiger charge is 2.36. The maximum atomic E-state index is 12.9. The van der Waals surface area contributed by atoms with Gasteiger partial charge in [-0.25, -0.2) is 4.79 Å². The lowest BCUT2D eigenvalue weighted by molar-refractivity contribution is -0.145. The van der Waals surface area contributed by atoms with E-state index in [4.69, 9.17) is 26.4 Å². The first-order chi connectivity index (χ1) is 14.0. The molecule has 1 amide bonds. The van der Waals surface area contributed by atoms with E-state index in [0.29, 0.717) is 28.9 Å². The van der Waals surface area contributed by atoms with Crippen molar-refractivity contribution in [3.63, 3.8) is 0 Å². The molecule has 0 bridgehead atoms. The van der Waals surface area contributed by atoms with Gasteiger partial charge in [0.05, 0.1) is 13.7 Å². The quantitative estimate of drug-likeness (QED) is 0.414. The zero-order chi connectivity index (χ0) is 20.8. The molecule has 3 rings (SSSR count). The molecule has 0 spiro atoms. The molecule has 1 aliphatic heterocycles. The molecule has 0 atom stereocenters. The Bertz CT molecular complexity index is 817. The van der Waals surface area contributed by atoms with Crippen molar-refractivity contribution in [1.29, 1.82) is 0 Å². The van der Waals surface area contributed by atoms with Gasteiger partial charge in [-0.3, -0.25) is 9.69 Å². The molecule has 0 unspecified atom stereocenters. The molecule has 1 saturated carbocycles. The van der Waals surface area contributed by atoms with E-state index in [1.807, 2.05) is 0 Å². The molecule has 1 saturated heterocycles. The molecular formula is C21H26N2O5S. The van der Waals surface area contributed by atoms with Gasteiger partial charge in [0.2, 0.25) is 0 Å². The largest absolute Gasteiger partial charge is 0.493 e. The minimum Gasteiger partial charge on any atom is -0.493 e. The fourth-order valence-corrected chi connectivity index (χ4v) is 3.96. The average molecular weight is 419 g/mol. The number of esters is 1. The molecule has 2 fully saturated rings. The van der Waals surface area contributed by atoms with Crippen LogP contribution < -0.4 is 14.8 Å². The molecule has 8 heteroatoms. The summed E-state index contributed by atoms with van der Waals surface area (Å²) in [6, 6.07) is 5.41. The molecule has 1 aromatic carbocycles. The topological polar surface area (TPSA) is 77.1 Å². The van der Waals surface area contributed by atoms with Crippen LogP contribution in [-0.4, -0.2) is 48.3 Å². The average Bonchev–Trinajstić information content (AvgIpc) is 3.00. The number of methoxy groups -OCH3 is 1. The number of carbonyl (C=O) groups excluding carboxylic acids is 2. The van der Waals surface area contributed by atoms with E-state index in [1.165, 1.54) is 13.5 Å². The number of amides is 1. The Morgan fingerprint density at radius 3 is 2.72 bits per heavy atom. The van der Waals surface area contributed by atoms with Crippen LogP contribution in [0.4, 0.5) is 0 Å². The monoisotopic (exact) mass is 418 g/mol. The van der Waals surface area contributed by atoms with Gasteiger partial charge in [0, 0.05) is 6.04 Å². The van der Waals surface area contributed by atoms with Crippen molar-refractivity contribution in [2.24, 2.45) is 0 Å². The number of carbonyl (C=O) groups is 2. The van der Waals surface area contributed by atoms with Crippen molar-refractivity contribution in [2.75, 3.05) is 20.3 Å². The van der Waals surface area contributed by atoms with Gasteiger partial charge in [-0.15, -0.1) is 0 Å². The summed E-state index contributed by atoms with van der Waals surface area (Å²) < 4.78 is 15.7. The Hall–Kier alpha value is -2.61. The Labute approximate surface area is 176 Å². The van der Waals surface area contributed by atoms with Crippen LogP contribution in [0.2, 0.25) is 0 Å². The van der Waals surface area contributed by atoms with Gasteiger partial charge in [-0.1, -0.05) is 25.3 Å². The Kier molecular flexibility index (Phi) is 7.09. The van der Waals surface area contributed by atoms with Crippen LogP contribution in [0.5, 0.6) is 11.5 Å². The molecule has 1 heterocycles. The SMILES string of the molecule is CCOC(=O)COc1ccc(/C=C2/NC(=S)N(C3CCCCC3)C2=O)cc1OC. The van der Waals surface area contributed by atoms with Gasteiger partial charge in [0.25, 0.3) is 5.91 Å². The second-order valence-corrected chi connectivity index (χ2v) is 7.35. The molecule has 0 radical (unpaired) electrons. The predicted molar refractivity (Wildman–Crippen MR) is 113 cm³/mol. The lowest BCUT2D eigenvalue weighted by Gasteiger charge is -2.29. The van der Waals surface area contributed by atoms with E-state index >= 15 is 0 Å². The van der Waals surface area contributed by atoms with Crippen LogP contribution in [0.3, 0.4) is 0 Å². The second-order valence-electron chi connectivity index (χ2n) is 6.96. The first kappa shape index (κ1) is 21.1. The third kappa shape index (κ3) is 5.06. The molecule has 1 aromatic rings. The summed E-state index contributed by atoms with van der Waals surface area (Å²) >= 11 is 5.41. The highest BCUT2D eigenvalue weighted by molar-refractivity contribution is 7.80. The van der Waals surface area contributed by atoms with Crippen LogP contribution in [0.25, 0.3) is 6.08 Å². The number of nitrogens with one attached hydrogen (secondary N) is 1. The molecule has 2 aliphatic rings. The van der Waals surface area contributed by atoms with Crippen LogP contribution in [0.1, 0.15) is 44.6 Å². The number of nitrogens with zero attached hydrogens (tertiary/aromatic N) is 1. The lowest BCUT2D eigenvalue weighted by atomic mass is 9.94. The van der Waals surface area contributed by atoms with Gasteiger partial charge in [-0.05, 0) is 55.8 Å². The zero-order valence-corrected chi connectivity index (χ0v) is 17.5. The summed E-state index contributed by atoms with van der Waals surface area (Å²) in [4.78, 5) is 26.1. The molecule has 1 N–H and O–H groups in total. The van der Waals surface area contributed by atoms with E-state index in [1.54, 1.807) is 36.1 Å². The third-order valence-electron chi connectivity index (χ3n) is 5.00. The number of benzene rings is 1. The first-order valence-electron chi connectivity index (χ1n) is 9.86. The van der Waals surface area contributed by atoms with Crippen molar-refractivity contribution in [3.8, 4) is 11.5 Å². The zero-order valence-electron chi connectivity index (χ0n) is 16.7. The molecule has 0 aromatic heterocycles. The van der Waals surface area contributed by atoms with Gasteiger partial charge in [0.15, 0.2) is 23.2 Å². The molecule has 7 nitrogen and oxygen atoms in total. The number of hydrogen-bond donors (Lipinski definition) is 1. The number of hydrogen-bond acceptors (Lipinski definition) is 6. The van der Waals surface area contributed by atoms with Crippen molar-refractivity contribution in [2.45, 2.75) is 45.1 Å². The van der Waals surface area contributed by atoms with Crippen LogP contribution >= 0.6 is 12.2 Å². The fraction of sp³-hybridized carbons (Fsp3) is 0.476. The van der Waals surface area contributed by atoms with Crippen LogP contribution in [0, 0.1) is 0 Å². The van der Waals surface area contributed by atoms with Crippen molar-refractivity contribution >= 4 is 35.3 Å². The van der Waals surface area contributed by atoms with E-state index in [0.717, 1.165) is 31.2 Å². The number of ether oxygens (including phenoxy) is 3. The maximum absolute atomic E-state index is 12.9. The number of thiocarbonyl (C=S) groups is 1. The Morgan fingerprint density at radius 2 is 2.03 bits per heavy atom. The highest BCUT2D eigenvalue weighted by atomic mass is 32.1. The van der Waals surface area contributed by atoms with Crippen LogP contribution in [-0.2, 0) is 14.3 Å². The minimum absolute atomic E-state index is 0.0940. The second kappa shape index (κ2) is 9.73. The molecule has 29 heavy (non-hydrogen) atoms. The van der Waals surface area contributed by atoms with Gasteiger partial charge < -0.3 is 19.5 Å². The number of rotatable bonds is 7. The minimum atomic E-state index is -0.446. The van der Waals surface area contributed by atoms with Gasteiger partial charge >= 0.3 is 5.97 Å². The van der Waals surface area contributed by atoms with E-state index in [9.17, 15) is 9.59 Å². The smallest absolute Gasteiger partial charge is 0.344 e. The summed E-state index contributed by atoms with van der Waals surface area (Å²) in [5.41, 5.74) is 1.21. The van der Waals surface area contributed by atoms with Gasteiger partial charge in [-0.2, -0.15) is 0 Å². The first-order valence-corrected chi connectivity index (χ1v) is 10.3. The molecule has 1 aliphatic carbocycles. The maximum Gasteiger partial charge on any atom is 0.344 e. The summed E-state index contributed by atoms with van der Waals surface area (Å²) in [7, 11) is 1.52. The predicted octanol–water partition coefficient (Wildman–Crippen LogP) is 3.03. The summed E-state index contributed by atoms with van der Waals surface area (Å²) in [5.74, 6) is 0.342. The van der Waals surface area contributed by atoms with E-state index in [-0.39, 0.29) is 18.6 Å². The summed E-state index contributed by atoms with van der Waals surface area (Å²) in [5, 5.41) is 3.51. The van der Waals surface area contributed by atoms with E-state index in [2.05, 4.69) is 5.32 Å². The standard InChI is InChI=1S/C21H26N2O5S/c1-3-27-19(24)13-28-17-10-9-14(12-18(17)26-2)11-16-20(25)23(21(29)22-16)15-7-5-4-6-8-15/h9-12,15H,3-8,13H2,1-2H3,(H,22,29)/b16-11+. The van der Waals surface area contributed by atoms with Gasteiger partial charge in [0.1, 0.15) is 5.70 Å². The van der Waals surface area contributed by atoms with E-state index < -0.39 is 5.97 Å². The van der Waals surface area contributed by atoms with Crippen molar-refractivity contribution in [1.82, 2.24) is 10.2 Å². The Balaban J connectivity index is 1.73.